The van der Waals surface area contributed by atoms with E-state index in [1.165, 1.54) is 37.4 Å². The third-order valence-electron chi connectivity index (χ3n) is 4.89. The van der Waals surface area contributed by atoms with Crippen LogP contribution >= 0.6 is 0 Å². The quantitative estimate of drug-likeness (QED) is 0.545. The van der Waals surface area contributed by atoms with Crippen LogP contribution in [0.5, 0.6) is 0 Å². The van der Waals surface area contributed by atoms with Crippen molar-refractivity contribution in [1.82, 2.24) is 14.3 Å². The molecular formula is C21H22F2N4O3S. The van der Waals surface area contributed by atoms with Crippen LogP contribution in [-0.4, -0.2) is 31.1 Å². The molecule has 2 aromatic carbocycles. The molecule has 0 bridgehead atoms. The first-order valence-electron chi connectivity index (χ1n) is 9.68. The second kappa shape index (κ2) is 8.03. The summed E-state index contributed by atoms with van der Waals surface area (Å²) in [5, 5.41) is 3.07. The van der Waals surface area contributed by atoms with E-state index in [9.17, 15) is 17.2 Å². The van der Waals surface area contributed by atoms with Gasteiger partial charge in [-0.05, 0) is 50.2 Å². The lowest BCUT2D eigenvalue weighted by Crippen LogP contribution is -2.20. The third kappa shape index (κ3) is 4.60. The number of anilines is 2. The molecule has 1 heterocycles. The molecule has 10 heteroatoms. The Bertz CT molecular complexity index is 1190. The van der Waals surface area contributed by atoms with Gasteiger partial charge >= 0.3 is 6.11 Å². The molecule has 0 radical (unpaired) electrons. The molecule has 164 valence electrons. The average molecular weight is 448 g/mol. The summed E-state index contributed by atoms with van der Waals surface area (Å²) in [5.41, 5.74) is 1.61. The smallest absolute Gasteiger partial charge is 0.354 e. The zero-order valence-electron chi connectivity index (χ0n) is 17.0. The Kier molecular flexibility index (Phi) is 5.54. The van der Waals surface area contributed by atoms with Gasteiger partial charge in [0.25, 0.3) is 0 Å². The van der Waals surface area contributed by atoms with Crippen molar-refractivity contribution in [1.29, 1.82) is 0 Å². The SMILES string of the molecule is CNS(=O)(=O)c1cccc(-c2cn(C)cn2)c1Nc1ccc(C(F)(F)OC2CC2)cc1. The van der Waals surface area contributed by atoms with E-state index in [1.807, 2.05) is 0 Å². The molecule has 1 fully saturated rings. The van der Waals surface area contributed by atoms with E-state index >= 15 is 0 Å². The van der Waals surface area contributed by atoms with Gasteiger partial charge in [-0.15, -0.1) is 0 Å². The Morgan fingerprint density at radius 3 is 2.45 bits per heavy atom. The summed E-state index contributed by atoms with van der Waals surface area (Å²) >= 11 is 0. The molecule has 4 rings (SSSR count). The van der Waals surface area contributed by atoms with Crippen LogP contribution in [0.2, 0.25) is 0 Å². The van der Waals surface area contributed by atoms with E-state index in [2.05, 4.69) is 15.0 Å². The van der Waals surface area contributed by atoms with Crippen molar-refractivity contribution >= 4 is 21.4 Å². The first-order valence-corrected chi connectivity index (χ1v) is 11.2. The first kappa shape index (κ1) is 21.4. The van der Waals surface area contributed by atoms with Gasteiger partial charge in [0.15, 0.2) is 0 Å². The van der Waals surface area contributed by atoms with E-state index < -0.39 is 22.2 Å². The number of aryl methyl sites for hydroxylation is 1. The Morgan fingerprint density at radius 1 is 1.16 bits per heavy atom. The number of rotatable bonds is 8. The van der Waals surface area contributed by atoms with Crippen LogP contribution in [0.25, 0.3) is 11.3 Å². The molecule has 0 atom stereocenters. The van der Waals surface area contributed by atoms with E-state index in [1.54, 1.807) is 36.3 Å². The van der Waals surface area contributed by atoms with Crippen molar-refractivity contribution in [2.24, 2.45) is 7.05 Å². The average Bonchev–Trinajstić information content (AvgIpc) is 3.44. The number of benzene rings is 2. The van der Waals surface area contributed by atoms with Gasteiger partial charge in [-0.3, -0.25) is 0 Å². The minimum atomic E-state index is -3.80. The van der Waals surface area contributed by atoms with Crippen LogP contribution in [-0.2, 0) is 27.9 Å². The molecular weight excluding hydrogens is 426 g/mol. The van der Waals surface area contributed by atoms with E-state index in [0.29, 0.717) is 35.5 Å². The van der Waals surface area contributed by atoms with Gasteiger partial charge in [0.2, 0.25) is 10.0 Å². The summed E-state index contributed by atoms with van der Waals surface area (Å²) in [5.74, 6) is 0. The van der Waals surface area contributed by atoms with Crippen molar-refractivity contribution in [3.63, 3.8) is 0 Å². The Hall–Kier alpha value is -2.82. The molecule has 0 saturated heterocycles. The molecule has 1 aromatic heterocycles. The van der Waals surface area contributed by atoms with Crippen LogP contribution in [0.1, 0.15) is 18.4 Å². The lowest BCUT2D eigenvalue weighted by atomic mass is 10.1. The van der Waals surface area contributed by atoms with Gasteiger partial charge in [0.1, 0.15) is 4.90 Å². The molecule has 1 saturated carbocycles. The van der Waals surface area contributed by atoms with Crippen molar-refractivity contribution in [3.8, 4) is 11.3 Å². The van der Waals surface area contributed by atoms with Crippen LogP contribution < -0.4 is 10.0 Å². The maximum Gasteiger partial charge on any atom is 0.383 e. The molecule has 0 aliphatic heterocycles. The molecule has 0 unspecified atom stereocenters. The largest absolute Gasteiger partial charge is 0.383 e. The number of aromatic nitrogens is 2. The van der Waals surface area contributed by atoms with Gasteiger partial charge < -0.3 is 14.6 Å². The maximum atomic E-state index is 14.2. The summed E-state index contributed by atoms with van der Waals surface area (Å²) in [6.45, 7) is 0. The Morgan fingerprint density at radius 2 is 1.87 bits per heavy atom. The minimum Gasteiger partial charge on any atom is -0.354 e. The highest BCUT2D eigenvalue weighted by atomic mass is 32.2. The number of imidazole rings is 1. The number of nitrogens with zero attached hydrogens (tertiary/aromatic N) is 2. The number of hydrogen-bond acceptors (Lipinski definition) is 5. The van der Waals surface area contributed by atoms with Crippen LogP contribution in [0.15, 0.2) is 59.9 Å². The van der Waals surface area contributed by atoms with Gasteiger partial charge in [0, 0.05) is 24.5 Å². The van der Waals surface area contributed by atoms with Gasteiger partial charge in [0.05, 0.1) is 29.4 Å². The predicted octanol–water partition coefficient (Wildman–Crippen LogP) is 3.97. The highest BCUT2D eigenvalue weighted by molar-refractivity contribution is 7.89. The predicted molar refractivity (Wildman–Crippen MR) is 113 cm³/mol. The molecule has 1 aliphatic carbocycles. The summed E-state index contributed by atoms with van der Waals surface area (Å²) in [6.07, 6.45) is 0.883. The second-order valence-corrected chi connectivity index (χ2v) is 9.20. The molecule has 1 aliphatic rings. The standard InChI is InChI=1S/C21H22F2N4O3S/c1-24-31(28,29)19-5-3-4-17(18-12-27(2)13-25-18)20(19)26-15-8-6-14(7-9-15)21(22,23)30-16-10-11-16/h3-9,12-13,16,24,26H,10-11H2,1-2H3. The number of alkyl halides is 2. The van der Waals surface area contributed by atoms with E-state index in [0.717, 1.165) is 0 Å². The number of para-hydroxylation sites is 1. The van der Waals surface area contributed by atoms with Crippen LogP contribution in [0.3, 0.4) is 0 Å². The number of ether oxygens (including phenoxy) is 1. The lowest BCUT2D eigenvalue weighted by Gasteiger charge is -2.18. The summed E-state index contributed by atoms with van der Waals surface area (Å²) in [7, 11) is -0.669. The van der Waals surface area contributed by atoms with Gasteiger partial charge in [-0.1, -0.05) is 12.1 Å². The number of sulfonamides is 1. The summed E-state index contributed by atoms with van der Waals surface area (Å²) in [4.78, 5) is 4.33. The summed E-state index contributed by atoms with van der Waals surface area (Å²) < 4.78 is 62.5. The Balaban J connectivity index is 1.71. The molecule has 31 heavy (non-hydrogen) atoms. The third-order valence-corrected chi connectivity index (χ3v) is 6.35. The molecule has 0 spiro atoms. The van der Waals surface area contributed by atoms with Crippen LogP contribution in [0.4, 0.5) is 20.2 Å². The molecule has 0 amide bonds. The molecule has 2 N–H and O–H groups in total. The fourth-order valence-corrected chi connectivity index (χ4v) is 4.02. The van der Waals surface area contributed by atoms with Crippen molar-refractivity contribution in [2.45, 2.75) is 29.9 Å². The van der Waals surface area contributed by atoms with Gasteiger partial charge in [-0.2, -0.15) is 8.78 Å². The monoisotopic (exact) mass is 448 g/mol. The highest BCUT2D eigenvalue weighted by Gasteiger charge is 2.39. The normalized spacial score (nSPS) is 14.6. The zero-order valence-corrected chi connectivity index (χ0v) is 17.8. The van der Waals surface area contributed by atoms with E-state index in [4.69, 9.17) is 4.74 Å². The zero-order chi connectivity index (χ0) is 22.2. The number of hydrogen-bond donors (Lipinski definition) is 2. The van der Waals surface area contributed by atoms with Gasteiger partial charge in [-0.25, -0.2) is 18.1 Å². The minimum absolute atomic E-state index is 0.0182. The van der Waals surface area contributed by atoms with Crippen molar-refractivity contribution < 1.29 is 21.9 Å². The van der Waals surface area contributed by atoms with E-state index in [-0.39, 0.29) is 10.5 Å². The first-order chi connectivity index (χ1) is 14.7. The lowest BCUT2D eigenvalue weighted by molar-refractivity contribution is -0.255. The summed E-state index contributed by atoms with van der Waals surface area (Å²) in [6, 6.07) is 10.3. The topological polar surface area (TPSA) is 85.2 Å². The van der Waals surface area contributed by atoms with Crippen LogP contribution in [0, 0.1) is 0 Å². The Labute approximate surface area is 179 Å². The molecule has 7 nitrogen and oxygen atoms in total. The fraction of sp³-hybridized carbons (Fsp3) is 0.286. The maximum absolute atomic E-state index is 14.2. The highest BCUT2D eigenvalue weighted by Crippen LogP contribution is 2.39. The van der Waals surface area contributed by atoms with Crippen molar-refractivity contribution in [3.05, 3.63) is 60.6 Å². The number of nitrogens with one attached hydrogen (secondary N) is 2. The fourth-order valence-electron chi connectivity index (χ4n) is 3.11. The number of halogens is 2. The van der Waals surface area contributed by atoms with Crippen molar-refractivity contribution in [2.75, 3.05) is 12.4 Å². The molecule has 3 aromatic rings. The second-order valence-electron chi connectivity index (χ2n) is 7.35.